The predicted octanol–water partition coefficient (Wildman–Crippen LogP) is 10.3. The van der Waals surface area contributed by atoms with Crippen molar-refractivity contribution < 1.29 is 4.79 Å². The van der Waals surface area contributed by atoms with Crippen molar-refractivity contribution in [3.05, 3.63) is 107 Å². The Balaban J connectivity index is 1.24. The number of benzene rings is 3. The summed E-state index contributed by atoms with van der Waals surface area (Å²) in [4.78, 5) is 13.4. The molecule has 1 N–H and O–H groups in total. The first kappa shape index (κ1) is 31.8. The Morgan fingerprint density at radius 1 is 0.857 bits per heavy atom. The maximum atomic E-state index is 13.4. The van der Waals surface area contributed by atoms with Crippen molar-refractivity contribution in [1.29, 1.82) is 0 Å². The monoisotopic (exact) mass is 563 g/mol. The zero-order chi connectivity index (χ0) is 29.7. The molecule has 1 aliphatic heterocycles. The van der Waals surface area contributed by atoms with Gasteiger partial charge in [0.05, 0.1) is 0 Å². The smallest absolute Gasteiger partial charge is 0.136 e. The highest BCUT2D eigenvalue weighted by molar-refractivity contribution is 5.81. The molecule has 1 aliphatic rings. The zero-order valence-corrected chi connectivity index (χ0v) is 26.5. The van der Waals surface area contributed by atoms with Gasteiger partial charge < -0.3 is 5.32 Å². The zero-order valence-electron chi connectivity index (χ0n) is 26.5. The summed E-state index contributed by atoms with van der Waals surface area (Å²) in [7, 11) is 0. The van der Waals surface area contributed by atoms with Gasteiger partial charge >= 0.3 is 0 Å². The summed E-state index contributed by atoms with van der Waals surface area (Å²) >= 11 is 0. The van der Waals surface area contributed by atoms with Gasteiger partial charge in [-0.25, -0.2) is 0 Å². The Morgan fingerprint density at radius 2 is 1.57 bits per heavy atom. The highest BCUT2D eigenvalue weighted by Gasteiger charge is 2.19. The lowest BCUT2D eigenvalue weighted by Crippen LogP contribution is -2.17. The van der Waals surface area contributed by atoms with Crippen molar-refractivity contribution in [2.24, 2.45) is 17.8 Å². The number of anilines is 1. The molecule has 0 spiro atoms. The maximum absolute atomic E-state index is 13.4. The van der Waals surface area contributed by atoms with Crippen LogP contribution in [0.3, 0.4) is 0 Å². The molecule has 224 valence electrons. The van der Waals surface area contributed by atoms with E-state index in [4.69, 9.17) is 0 Å². The van der Waals surface area contributed by atoms with Gasteiger partial charge in [-0.1, -0.05) is 94.4 Å². The average molecular weight is 564 g/mol. The van der Waals surface area contributed by atoms with Crippen LogP contribution in [0.5, 0.6) is 0 Å². The maximum Gasteiger partial charge on any atom is 0.136 e. The highest BCUT2D eigenvalue weighted by atomic mass is 16.1. The fraction of sp³-hybridized carbons (Fsp3) is 0.475. The molecule has 42 heavy (non-hydrogen) atoms. The minimum Gasteiger partial charge on any atom is -0.385 e. The van der Waals surface area contributed by atoms with Gasteiger partial charge in [-0.05, 0) is 122 Å². The molecule has 4 rings (SSSR count). The number of allylic oxidation sites excluding steroid dienone is 1. The Bertz CT molecular complexity index is 1260. The largest absolute Gasteiger partial charge is 0.385 e. The molecule has 0 saturated heterocycles. The van der Waals surface area contributed by atoms with Crippen molar-refractivity contribution in [1.82, 2.24) is 0 Å². The van der Waals surface area contributed by atoms with Gasteiger partial charge in [-0.15, -0.1) is 0 Å². The van der Waals surface area contributed by atoms with Crippen LogP contribution in [0.25, 0.3) is 5.57 Å². The van der Waals surface area contributed by atoms with Gasteiger partial charge in [0.1, 0.15) is 5.78 Å². The topological polar surface area (TPSA) is 29.1 Å². The molecule has 0 fully saturated rings. The molecule has 0 amide bonds. The van der Waals surface area contributed by atoms with Crippen LogP contribution in [-0.4, -0.2) is 12.3 Å². The van der Waals surface area contributed by atoms with Crippen LogP contribution >= 0.6 is 0 Å². The van der Waals surface area contributed by atoms with Crippen LogP contribution in [0, 0.1) is 17.8 Å². The third kappa shape index (κ3) is 10.3. The standard InChI is InChI=1S/C40H53NO/c1-30(2)26-35-21-19-33(20-22-35)13-9-11-17-40(42)38(27-34-14-6-5-7-15-34)16-10-8-12-32(4)36-24-25-39-37(28-36)23-18-31(3)29-41-39/h5-7,14-15,19-22,24-25,28,30-31,38,41H,4,8-13,16-18,23,26-27,29H2,1-3H3. The molecule has 2 nitrogen and oxygen atoms in total. The normalized spacial score (nSPS) is 15.5. The summed E-state index contributed by atoms with van der Waals surface area (Å²) in [5.74, 6) is 1.95. The molecule has 0 radical (unpaired) electrons. The van der Waals surface area contributed by atoms with Crippen LogP contribution in [0.4, 0.5) is 5.69 Å². The van der Waals surface area contributed by atoms with Gasteiger partial charge in [-0.3, -0.25) is 4.79 Å². The quantitative estimate of drug-likeness (QED) is 0.176. The van der Waals surface area contributed by atoms with Gasteiger partial charge in [0, 0.05) is 24.6 Å². The van der Waals surface area contributed by atoms with Crippen LogP contribution in [-0.2, 0) is 30.5 Å². The molecule has 0 saturated carbocycles. The van der Waals surface area contributed by atoms with E-state index in [1.165, 1.54) is 45.5 Å². The van der Waals surface area contributed by atoms with E-state index in [2.05, 4.69) is 105 Å². The second kappa shape index (κ2) is 16.5. The Hall–Kier alpha value is -3.13. The summed E-state index contributed by atoms with van der Waals surface area (Å²) in [6.07, 6.45) is 12.3. The minimum absolute atomic E-state index is 0.108. The summed E-state index contributed by atoms with van der Waals surface area (Å²) < 4.78 is 0. The van der Waals surface area contributed by atoms with Gasteiger partial charge in [0.2, 0.25) is 0 Å². The minimum atomic E-state index is 0.108. The first-order valence-corrected chi connectivity index (χ1v) is 16.6. The first-order chi connectivity index (χ1) is 20.4. The molecule has 3 aromatic rings. The lowest BCUT2D eigenvalue weighted by Gasteiger charge is -2.17. The second-order valence-electron chi connectivity index (χ2n) is 13.2. The number of nitrogens with one attached hydrogen (secondary N) is 1. The Labute approximate surface area is 256 Å². The van der Waals surface area contributed by atoms with Crippen molar-refractivity contribution in [2.75, 3.05) is 11.9 Å². The summed E-state index contributed by atoms with van der Waals surface area (Å²) in [5.41, 5.74) is 9.29. The number of hydrogen-bond donors (Lipinski definition) is 1. The highest BCUT2D eigenvalue weighted by Crippen LogP contribution is 2.29. The number of unbranched alkanes of at least 4 members (excludes halogenated alkanes) is 2. The average Bonchev–Trinajstić information content (AvgIpc) is 3.18. The number of rotatable bonds is 16. The predicted molar refractivity (Wildman–Crippen MR) is 181 cm³/mol. The van der Waals surface area contributed by atoms with Crippen molar-refractivity contribution >= 4 is 17.0 Å². The molecule has 2 heteroatoms. The molecule has 1 heterocycles. The van der Waals surface area contributed by atoms with E-state index in [0.717, 1.165) is 70.8 Å². The van der Waals surface area contributed by atoms with Crippen LogP contribution in [0.1, 0.15) is 100.0 Å². The van der Waals surface area contributed by atoms with E-state index in [0.29, 0.717) is 24.0 Å². The van der Waals surface area contributed by atoms with Crippen LogP contribution in [0.15, 0.2) is 79.4 Å². The third-order valence-electron chi connectivity index (χ3n) is 8.93. The van der Waals surface area contributed by atoms with E-state index < -0.39 is 0 Å². The molecular weight excluding hydrogens is 510 g/mol. The number of hydrogen-bond acceptors (Lipinski definition) is 2. The number of Topliss-reactive ketones (excluding diaryl/α,β-unsaturated/α-hetero) is 1. The van der Waals surface area contributed by atoms with Gasteiger partial charge in [0.15, 0.2) is 0 Å². The summed E-state index contributed by atoms with van der Waals surface area (Å²) in [6.45, 7) is 12.3. The molecule has 2 unspecified atom stereocenters. The molecular formula is C40H53NO. The SMILES string of the molecule is C=C(CCCCC(Cc1ccccc1)C(=O)CCCCc1ccc(CC(C)C)cc1)c1ccc2c(c1)CCC(C)CN2. The number of carbonyl (C=O) groups excluding carboxylic acids is 1. The van der Waals surface area contributed by atoms with Crippen molar-refractivity contribution in [3.63, 3.8) is 0 Å². The summed E-state index contributed by atoms with van der Waals surface area (Å²) in [6, 6.07) is 26.5. The van der Waals surface area contributed by atoms with Crippen molar-refractivity contribution in [2.45, 2.75) is 97.8 Å². The molecule has 0 aliphatic carbocycles. The van der Waals surface area contributed by atoms with E-state index in [-0.39, 0.29) is 5.92 Å². The molecule has 3 aromatic carbocycles. The van der Waals surface area contributed by atoms with Gasteiger partial charge in [0.25, 0.3) is 0 Å². The first-order valence-electron chi connectivity index (χ1n) is 16.6. The summed E-state index contributed by atoms with van der Waals surface area (Å²) in [5, 5.41) is 3.61. The Morgan fingerprint density at radius 3 is 2.33 bits per heavy atom. The fourth-order valence-corrected chi connectivity index (χ4v) is 6.28. The van der Waals surface area contributed by atoms with Gasteiger partial charge in [-0.2, -0.15) is 0 Å². The van der Waals surface area contributed by atoms with E-state index in [1.54, 1.807) is 0 Å². The number of carbonyl (C=O) groups is 1. The molecule has 0 aromatic heterocycles. The third-order valence-corrected chi connectivity index (χ3v) is 8.93. The van der Waals surface area contributed by atoms with Crippen LogP contribution < -0.4 is 5.32 Å². The van der Waals surface area contributed by atoms with E-state index in [9.17, 15) is 4.79 Å². The number of ketones is 1. The van der Waals surface area contributed by atoms with Crippen LogP contribution in [0.2, 0.25) is 0 Å². The lowest BCUT2D eigenvalue weighted by atomic mass is 9.87. The fourth-order valence-electron chi connectivity index (χ4n) is 6.28. The molecule has 2 atom stereocenters. The Kier molecular flexibility index (Phi) is 12.5. The molecule has 0 bridgehead atoms. The lowest BCUT2D eigenvalue weighted by molar-refractivity contribution is -0.123. The second-order valence-corrected chi connectivity index (χ2v) is 13.2. The van der Waals surface area contributed by atoms with E-state index in [1.807, 2.05) is 0 Å². The number of aryl methyl sites for hydroxylation is 2. The van der Waals surface area contributed by atoms with E-state index >= 15 is 0 Å². The number of fused-ring (bicyclic) bond motifs is 1. The van der Waals surface area contributed by atoms with Crippen molar-refractivity contribution in [3.8, 4) is 0 Å².